The summed E-state index contributed by atoms with van der Waals surface area (Å²) < 4.78 is 3.28. The summed E-state index contributed by atoms with van der Waals surface area (Å²) in [4.78, 5) is 5.40. The van der Waals surface area contributed by atoms with E-state index < -0.39 is 0 Å². The lowest BCUT2D eigenvalue weighted by Gasteiger charge is -2.20. The number of hydrogen-bond acceptors (Lipinski definition) is 3. The van der Waals surface area contributed by atoms with Gasteiger partial charge in [-0.2, -0.15) is 0 Å². The maximum absolute atomic E-state index is 4.05. The van der Waals surface area contributed by atoms with E-state index in [1.54, 1.807) is 11.3 Å². The molecule has 2 aromatic rings. The van der Waals surface area contributed by atoms with E-state index >= 15 is 0 Å². The molecule has 2 atom stereocenters. The molecule has 0 aliphatic heterocycles. The molecule has 17 heavy (non-hydrogen) atoms. The third-order valence-electron chi connectivity index (χ3n) is 2.62. The Balaban J connectivity index is 1.90. The molecule has 0 spiro atoms. The van der Waals surface area contributed by atoms with Crippen LogP contribution in [0.1, 0.15) is 24.8 Å². The molecule has 0 saturated carbocycles. The molecule has 0 fully saturated rings. The molecular formula is C12H16BrN3S. The first-order valence-corrected chi connectivity index (χ1v) is 7.28. The molecule has 0 amide bonds. The van der Waals surface area contributed by atoms with E-state index in [1.807, 2.05) is 18.7 Å². The summed E-state index contributed by atoms with van der Waals surface area (Å²) in [7, 11) is 0. The highest BCUT2D eigenvalue weighted by molar-refractivity contribution is 9.10. The van der Waals surface area contributed by atoms with E-state index in [0.717, 1.165) is 6.54 Å². The number of imidazole rings is 1. The number of aromatic nitrogens is 2. The van der Waals surface area contributed by atoms with Crippen LogP contribution in [0.2, 0.25) is 0 Å². The minimum absolute atomic E-state index is 0.364. The number of hydrogen-bond donors (Lipinski definition) is 1. The minimum Gasteiger partial charge on any atom is -0.336 e. The maximum Gasteiger partial charge on any atom is 0.0946 e. The first-order chi connectivity index (χ1) is 8.16. The summed E-state index contributed by atoms with van der Waals surface area (Å²) in [5.41, 5.74) is 0. The zero-order chi connectivity index (χ0) is 12.3. The Morgan fingerprint density at radius 1 is 1.53 bits per heavy atom. The van der Waals surface area contributed by atoms with Crippen molar-refractivity contribution in [3.8, 4) is 0 Å². The average Bonchev–Trinajstić information content (AvgIpc) is 2.88. The lowest BCUT2D eigenvalue weighted by atomic mass is 10.2. The fourth-order valence-electron chi connectivity index (χ4n) is 1.88. The highest BCUT2D eigenvalue weighted by atomic mass is 79.9. The molecule has 2 aromatic heterocycles. The van der Waals surface area contributed by atoms with Gasteiger partial charge in [0.05, 0.1) is 6.33 Å². The van der Waals surface area contributed by atoms with Crippen LogP contribution in [0.5, 0.6) is 0 Å². The average molecular weight is 314 g/mol. The summed E-state index contributed by atoms with van der Waals surface area (Å²) in [5, 5.41) is 5.70. The van der Waals surface area contributed by atoms with Crippen molar-refractivity contribution >= 4 is 27.3 Å². The zero-order valence-corrected chi connectivity index (χ0v) is 12.3. The van der Waals surface area contributed by atoms with Crippen molar-refractivity contribution in [3.63, 3.8) is 0 Å². The van der Waals surface area contributed by atoms with Gasteiger partial charge >= 0.3 is 0 Å². The molecular weight excluding hydrogens is 298 g/mol. The number of thiophene rings is 1. The van der Waals surface area contributed by atoms with Gasteiger partial charge in [-0.25, -0.2) is 4.98 Å². The van der Waals surface area contributed by atoms with E-state index in [1.165, 1.54) is 9.35 Å². The van der Waals surface area contributed by atoms with Crippen LogP contribution in [0.3, 0.4) is 0 Å². The monoisotopic (exact) mass is 313 g/mol. The van der Waals surface area contributed by atoms with Gasteiger partial charge in [0.2, 0.25) is 0 Å². The predicted molar refractivity (Wildman–Crippen MR) is 75.3 cm³/mol. The van der Waals surface area contributed by atoms with Crippen LogP contribution in [-0.4, -0.2) is 15.6 Å². The fraction of sp³-hybridized carbons (Fsp3) is 0.417. The van der Waals surface area contributed by atoms with Gasteiger partial charge in [0.1, 0.15) is 0 Å². The quantitative estimate of drug-likeness (QED) is 0.916. The van der Waals surface area contributed by atoms with E-state index in [-0.39, 0.29) is 0 Å². The summed E-state index contributed by atoms with van der Waals surface area (Å²) in [6.45, 7) is 5.33. The van der Waals surface area contributed by atoms with Gasteiger partial charge in [0, 0.05) is 40.4 Å². The first kappa shape index (κ1) is 12.8. The number of rotatable bonds is 5. The van der Waals surface area contributed by atoms with Crippen molar-refractivity contribution < 1.29 is 0 Å². The number of nitrogens with zero attached hydrogens (tertiary/aromatic N) is 2. The van der Waals surface area contributed by atoms with Gasteiger partial charge < -0.3 is 9.88 Å². The molecule has 0 bridgehead atoms. The molecule has 0 saturated heterocycles. The number of halogens is 1. The molecule has 0 aliphatic rings. The van der Waals surface area contributed by atoms with Gasteiger partial charge in [-0.3, -0.25) is 0 Å². The Bertz CT molecular complexity index is 452. The Labute approximate surface area is 114 Å². The van der Waals surface area contributed by atoms with Gasteiger partial charge in [0.15, 0.2) is 0 Å². The molecule has 3 nitrogen and oxygen atoms in total. The Hall–Kier alpha value is -0.650. The van der Waals surface area contributed by atoms with Crippen molar-refractivity contribution in [1.82, 2.24) is 14.9 Å². The first-order valence-electron chi connectivity index (χ1n) is 5.61. The van der Waals surface area contributed by atoms with E-state index in [4.69, 9.17) is 0 Å². The zero-order valence-electron chi connectivity index (χ0n) is 9.93. The van der Waals surface area contributed by atoms with Crippen molar-refractivity contribution in [2.75, 3.05) is 0 Å². The second-order valence-electron chi connectivity index (χ2n) is 4.18. The summed E-state index contributed by atoms with van der Waals surface area (Å²) in [5.74, 6) is 0. The van der Waals surface area contributed by atoms with Crippen LogP contribution in [0, 0.1) is 0 Å². The van der Waals surface area contributed by atoms with Crippen molar-refractivity contribution in [2.24, 2.45) is 0 Å². The fourth-order valence-corrected chi connectivity index (χ4v) is 3.61. The molecule has 0 radical (unpaired) electrons. The lowest BCUT2D eigenvalue weighted by molar-refractivity contribution is 0.433. The molecule has 2 rings (SSSR count). The molecule has 2 unspecified atom stereocenters. The summed E-state index contributed by atoms with van der Waals surface area (Å²) >= 11 is 5.35. The largest absolute Gasteiger partial charge is 0.336 e. The minimum atomic E-state index is 0.364. The van der Waals surface area contributed by atoms with E-state index in [2.05, 4.69) is 56.1 Å². The molecule has 1 N–H and O–H groups in total. The van der Waals surface area contributed by atoms with Crippen LogP contribution >= 0.6 is 27.3 Å². The molecule has 5 heteroatoms. The Kier molecular flexibility index (Phi) is 4.36. The van der Waals surface area contributed by atoms with Crippen LogP contribution in [0.4, 0.5) is 0 Å². The Morgan fingerprint density at radius 3 is 2.94 bits per heavy atom. The van der Waals surface area contributed by atoms with Crippen molar-refractivity contribution in [2.45, 2.75) is 32.5 Å². The van der Waals surface area contributed by atoms with E-state index in [9.17, 15) is 0 Å². The van der Waals surface area contributed by atoms with Crippen LogP contribution in [0.25, 0.3) is 0 Å². The van der Waals surface area contributed by atoms with Crippen molar-refractivity contribution in [3.05, 3.63) is 39.5 Å². The van der Waals surface area contributed by atoms with Crippen LogP contribution in [-0.2, 0) is 6.54 Å². The van der Waals surface area contributed by atoms with Gasteiger partial charge in [-0.1, -0.05) is 0 Å². The summed E-state index contributed by atoms with van der Waals surface area (Å²) in [6, 6.07) is 2.87. The molecule has 2 heterocycles. The highest BCUT2D eigenvalue weighted by Crippen LogP contribution is 2.28. The second-order valence-corrected chi connectivity index (χ2v) is 5.98. The topological polar surface area (TPSA) is 29.9 Å². The smallest absolute Gasteiger partial charge is 0.0946 e. The number of nitrogens with one attached hydrogen (secondary N) is 1. The summed E-state index contributed by atoms with van der Waals surface area (Å²) in [6.07, 6.45) is 5.65. The molecule has 92 valence electrons. The molecule has 0 aromatic carbocycles. The standard InChI is InChI=1S/C12H16BrN3S/c1-9(7-16-5-4-14-8-16)15-10(2)12-11(13)3-6-17-12/h3-6,8-10,15H,7H2,1-2H3. The van der Waals surface area contributed by atoms with Gasteiger partial charge in [0.25, 0.3) is 0 Å². The molecule has 0 aliphatic carbocycles. The maximum atomic E-state index is 4.05. The van der Waals surface area contributed by atoms with Gasteiger partial charge in [-0.05, 0) is 41.2 Å². The van der Waals surface area contributed by atoms with Crippen LogP contribution in [0.15, 0.2) is 34.6 Å². The third-order valence-corrected chi connectivity index (χ3v) is 4.67. The second kappa shape index (κ2) is 5.80. The van der Waals surface area contributed by atoms with Crippen LogP contribution < -0.4 is 5.32 Å². The Morgan fingerprint density at radius 2 is 2.35 bits per heavy atom. The highest BCUT2D eigenvalue weighted by Gasteiger charge is 2.13. The lowest BCUT2D eigenvalue weighted by Crippen LogP contribution is -2.32. The van der Waals surface area contributed by atoms with Gasteiger partial charge in [-0.15, -0.1) is 11.3 Å². The normalized spacial score (nSPS) is 14.8. The van der Waals surface area contributed by atoms with Crippen molar-refractivity contribution in [1.29, 1.82) is 0 Å². The van der Waals surface area contributed by atoms with E-state index in [0.29, 0.717) is 12.1 Å². The third kappa shape index (κ3) is 3.40. The SMILES string of the molecule is CC(Cn1ccnc1)NC(C)c1sccc1Br. The predicted octanol–water partition coefficient (Wildman–Crippen LogP) is 3.45.